The Balaban J connectivity index is 0.000000418. The molecule has 2 N–H and O–H groups in total. The first-order valence-electron chi connectivity index (χ1n) is 10.0. The largest absolute Gasteiger partial charge is 0.378 e. The molecule has 31 heavy (non-hydrogen) atoms. The number of rotatable bonds is 4. The molecule has 166 valence electrons. The molecule has 2 saturated heterocycles. The Kier molecular flexibility index (Phi) is 6.37. The van der Waals surface area contributed by atoms with E-state index in [2.05, 4.69) is 49.4 Å². The molecule has 4 heterocycles. The molecule has 0 aliphatic carbocycles. The molecule has 0 atom stereocenters. The molecule has 2 aliphatic heterocycles. The van der Waals surface area contributed by atoms with Gasteiger partial charge in [-0.15, -0.1) is 0 Å². The van der Waals surface area contributed by atoms with Crippen molar-refractivity contribution in [3.05, 3.63) is 49.1 Å². The third kappa shape index (κ3) is 5.70. The summed E-state index contributed by atoms with van der Waals surface area (Å²) in [5, 5.41) is 3.37. The van der Waals surface area contributed by atoms with Gasteiger partial charge in [0.2, 0.25) is 0 Å². The summed E-state index contributed by atoms with van der Waals surface area (Å²) in [4.78, 5) is 13.8. The Bertz CT molecular complexity index is 1100. The minimum atomic E-state index is -3.67. The van der Waals surface area contributed by atoms with E-state index in [9.17, 15) is 8.42 Å². The van der Waals surface area contributed by atoms with Gasteiger partial charge in [-0.05, 0) is 24.3 Å². The van der Waals surface area contributed by atoms with Crippen molar-refractivity contribution in [3.63, 3.8) is 0 Å². The van der Waals surface area contributed by atoms with Crippen LogP contribution in [0.25, 0.3) is 5.65 Å². The van der Waals surface area contributed by atoms with Crippen LogP contribution in [-0.2, 0) is 14.9 Å². The van der Waals surface area contributed by atoms with Crippen LogP contribution in [0.4, 0.5) is 17.2 Å². The topological polar surface area (TPSA) is 112 Å². The lowest BCUT2D eigenvalue weighted by atomic mass is 10.1. The van der Waals surface area contributed by atoms with Crippen molar-refractivity contribution in [1.82, 2.24) is 19.3 Å². The number of nitrogens with one attached hydrogen (secondary N) is 1. The Morgan fingerprint density at radius 2 is 1.65 bits per heavy atom. The van der Waals surface area contributed by atoms with Crippen LogP contribution in [0.5, 0.6) is 0 Å². The van der Waals surface area contributed by atoms with Crippen LogP contribution in [0, 0.1) is 0 Å². The zero-order valence-corrected chi connectivity index (χ0v) is 18.1. The zero-order chi connectivity index (χ0) is 21.8. The number of piperazine rings is 1. The highest BCUT2D eigenvalue weighted by Crippen LogP contribution is 2.23. The second-order valence-corrected chi connectivity index (χ2v) is 9.02. The monoisotopic (exact) mass is 446 g/mol. The SMILES string of the molecule is CS(=O)(=O)O.c1cn2ccnc2c(Nc2ccc(N3CCN(C4COC4)CC3)cc2)n1. The Morgan fingerprint density at radius 3 is 2.23 bits per heavy atom. The molecule has 0 radical (unpaired) electrons. The number of hydrogen-bond donors (Lipinski definition) is 2. The molecule has 11 heteroatoms. The van der Waals surface area contributed by atoms with E-state index in [1.807, 2.05) is 16.8 Å². The average molecular weight is 447 g/mol. The minimum Gasteiger partial charge on any atom is -0.378 e. The van der Waals surface area contributed by atoms with Crippen molar-refractivity contribution in [1.29, 1.82) is 0 Å². The maximum Gasteiger partial charge on any atom is 0.261 e. The molecule has 0 unspecified atom stereocenters. The molecule has 0 amide bonds. The minimum absolute atomic E-state index is 0.640. The highest BCUT2D eigenvalue weighted by atomic mass is 32.2. The molecule has 1 aromatic carbocycles. The molecule has 10 nitrogen and oxygen atoms in total. The van der Waals surface area contributed by atoms with Gasteiger partial charge < -0.3 is 19.4 Å². The first-order chi connectivity index (χ1) is 14.9. The summed E-state index contributed by atoms with van der Waals surface area (Å²) in [6, 6.07) is 9.21. The van der Waals surface area contributed by atoms with E-state index in [4.69, 9.17) is 9.29 Å². The highest BCUT2D eigenvalue weighted by Gasteiger charge is 2.28. The van der Waals surface area contributed by atoms with Gasteiger partial charge in [0.05, 0.1) is 25.5 Å². The highest BCUT2D eigenvalue weighted by molar-refractivity contribution is 7.85. The Labute approximate surface area is 181 Å². The van der Waals surface area contributed by atoms with Crippen molar-refractivity contribution in [3.8, 4) is 0 Å². The summed E-state index contributed by atoms with van der Waals surface area (Å²) in [5.74, 6) is 0.765. The fourth-order valence-electron chi connectivity index (χ4n) is 3.61. The molecule has 0 saturated carbocycles. The van der Waals surface area contributed by atoms with Crippen molar-refractivity contribution >= 4 is 33.0 Å². The van der Waals surface area contributed by atoms with Gasteiger partial charge in [-0.2, -0.15) is 8.42 Å². The fraction of sp³-hybridized carbons (Fsp3) is 0.400. The molecule has 3 aromatic rings. The summed E-state index contributed by atoms with van der Waals surface area (Å²) in [6.07, 6.45) is 8.08. The first kappa shape index (κ1) is 21.5. The second-order valence-electron chi connectivity index (χ2n) is 7.55. The van der Waals surface area contributed by atoms with E-state index in [0.29, 0.717) is 12.3 Å². The van der Waals surface area contributed by atoms with Gasteiger partial charge >= 0.3 is 0 Å². The van der Waals surface area contributed by atoms with Gasteiger partial charge in [0, 0.05) is 62.3 Å². The number of fused-ring (bicyclic) bond motifs is 1. The van der Waals surface area contributed by atoms with Crippen molar-refractivity contribution in [2.45, 2.75) is 6.04 Å². The van der Waals surface area contributed by atoms with Crippen molar-refractivity contribution in [2.24, 2.45) is 0 Å². The first-order valence-corrected chi connectivity index (χ1v) is 11.9. The summed E-state index contributed by atoms with van der Waals surface area (Å²) < 4.78 is 33.1. The summed E-state index contributed by atoms with van der Waals surface area (Å²) >= 11 is 0. The summed E-state index contributed by atoms with van der Waals surface area (Å²) in [6.45, 7) is 6.16. The average Bonchev–Trinajstić information content (AvgIpc) is 3.17. The number of aromatic nitrogens is 3. The number of nitrogens with zero attached hydrogens (tertiary/aromatic N) is 5. The number of hydrogen-bond acceptors (Lipinski definition) is 8. The zero-order valence-electron chi connectivity index (χ0n) is 17.3. The van der Waals surface area contributed by atoms with Crippen LogP contribution >= 0.6 is 0 Å². The Hall–Kier alpha value is -2.73. The number of ether oxygens (including phenoxy) is 1. The normalized spacial score (nSPS) is 17.7. The number of imidazole rings is 1. The van der Waals surface area contributed by atoms with Crippen LogP contribution in [0.3, 0.4) is 0 Å². The molecule has 0 bridgehead atoms. The van der Waals surface area contributed by atoms with Gasteiger partial charge in [0.25, 0.3) is 10.1 Å². The maximum atomic E-state index is 9.19. The molecule has 2 aliphatic rings. The molecule has 2 fully saturated rings. The summed E-state index contributed by atoms with van der Waals surface area (Å²) in [5.41, 5.74) is 3.11. The second kappa shape index (κ2) is 9.18. The van der Waals surface area contributed by atoms with E-state index in [0.717, 1.165) is 56.5 Å². The molecule has 2 aromatic heterocycles. The van der Waals surface area contributed by atoms with Crippen LogP contribution < -0.4 is 10.2 Å². The lowest BCUT2D eigenvalue weighted by Gasteiger charge is -2.43. The quantitative estimate of drug-likeness (QED) is 0.576. The van der Waals surface area contributed by atoms with Crippen LogP contribution in [-0.4, -0.2) is 83.9 Å². The number of benzene rings is 1. The molecular formula is C20H26N6O4S. The van der Waals surface area contributed by atoms with E-state index in [-0.39, 0.29) is 0 Å². The van der Waals surface area contributed by atoms with Gasteiger partial charge in [-0.1, -0.05) is 0 Å². The smallest absolute Gasteiger partial charge is 0.261 e. The fourth-order valence-corrected chi connectivity index (χ4v) is 3.61. The van der Waals surface area contributed by atoms with Gasteiger partial charge in [-0.25, -0.2) is 9.97 Å². The molecule has 0 spiro atoms. The van der Waals surface area contributed by atoms with E-state index in [1.54, 1.807) is 12.4 Å². The predicted octanol–water partition coefficient (Wildman–Crippen LogP) is 1.50. The van der Waals surface area contributed by atoms with E-state index >= 15 is 0 Å². The number of anilines is 3. The van der Waals surface area contributed by atoms with Gasteiger partial charge in [0.15, 0.2) is 11.5 Å². The third-order valence-electron chi connectivity index (χ3n) is 5.26. The third-order valence-corrected chi connectivity index (χ3v) is 5.26. The lowest BCUT2D eigenvalue weighted by Crippen LogP contribution is -2.56. The lowest BCUT2D eigenvalue weighted by molar-refractivity contribution is -0.0660. The van der Waals surface area contributed by atoms with Gasteiger partial charge in [-0.3, -0.25) is 9.45 Å². The maximum absolute atomic E-state index is 9.19. The van der Waals surface area contributed by atoms with Crippen LogP contribution in [0.15, 0.2) is 49.1 Å². The van der Waals surface area contributed by atoms with E-state index < -0.39 is 10.1 Å². The summed E-state index contributed by atoms with van der Waals surface area (Å²) in [7, 11) is -3.67. The predicted molar refractivity (Wildman–Crippen MR) is 119 cm³/mol. The molecular weight excluding hydrogens is 420 g/mol. The molecule has 5 rings (SSSR count). The van der Waals surface area contributed by atoms with E-state index in [1.165, 1.54) is 5.69 Å². The van der Waals surface area contributed by atoms with Crippen LogP contribution in [0.2, 0.25) is 0 Å². The van der Waals surface area contributed by atoms with Gasteiger partial charge in [0.1, 0.15) is 0 Å². The van der Waals surface area contributed by atoms with Crippen LogP contribution in [0.1, 0.15) is 0 Å². The van der Waals surface area contributed by atoms with Crippen molar-refractivity contribution in [2.75, 3.05) is 55.9 Å². The Morgan fingerprint density at radius 1 is 1.03 bits per heavy atom. The van der Waals surface area contributed by atoms with Crippen molar-refractivity contribution < 1.29 is 17.7 Å². The standard InChI is InChI=1S/C19H22N6O.CH4O3S/c1-3-16(23-9-11-24(12-10-23)17-13-26-14-17)4-2-15(1)22-18-19-21-6-8-25(19)7-5-20-18;1-5(2,3)4/h1-8,17H,9-14H2,(H,20,22);1H3,(H,2,3,4).